The zero-order valence-corrected chi connectivity index (χ0v) is 52.5. The van der Waals surface area contributed by atoms with E-state index in [4.69, 9.17) is 9.47 Å². The first-order chi connectivity index (χ1) is 38.5. The minimum absolute atomic E-state index is 0.219. The van der Waals surface area contributed by atoms with Crippen molar-refractivity contribution in [1.82, 2.24) is 5.32 Å². The van der Waals surface area contributed by atoms with E-state index in [0.29, 0.717) is 12.8 Å². The quantitative estimate of drug-likeness (QED) is 0.0251. The molecule has 13 heteroatoms. The summed E-state index contributed by atoms with van der Waals surface area (Å²) in [6.07, 6.45) is 59.9. The number of ether oxygens (including phenoxy) is 2. The van der Waals surface area contributed by atoms with Crippen LogP contribution in [0.1, 0.15) is 361 Å². The third-order valence-electron chi connectivity index (χ3n) is 16.9. The lowest BCUT2D eigenvalue weighted by molar-refractivity contribution is -0.298. The summed E-state index contributed by atoms with van der Waals surface area (Å²) in [7, 11) is -5.08. The van der Waals surface area contributed by atoms with Gasteiger partial charge in [0.1, 0.15) is 24.4 Å². The van der Waals surface area contributed by atoms with Gasteiger partial charge in [0.2, 0.25) is 5.91 Å². The molecule has 1 fully saturated rings. The average molecular weight is 1150 g/mol. The average Bonchev–Trinajstić information content (AvgIpc) is 3.44. The van der Waals surface area contributed by atoms with Gasteiger partial charge in [-0.05, 0) is 12.8 Å². The summed E-state index contributed by atoms with van der Waals surface area (Å²) in [5.41, 5.74) is 0. The van der Waals surface area contributed by atoms with Gasteiger partial charge in [0, 0.05) is 6.42 Å². The van der Waals surface area contributed by atoms with Crippen LogP contribution in [-0.2, 0) is 28.9 Å². The first-order valence-electron chi connectivity index (χ1n) is 34.4. The molecule has 79 heavy (non-hydrogen) atoms. The molecule has 1 heterocycles. The molecule has 0 radical (unpaired) electrons. The molecule has 1 aliphatic heterocycles. The van der Waals surface area contributed by atoms with Gasteiger partial charge >= 0.3 is 10.4 Å². The molecule has 0 aromatic rings. The van der Waals surface area contributed by atoms with E-state index in [1.54, 1.807) is 0 Å². The van der Waals surface area contributed by atoms with Crippen molar-refractivity contribution in [2.75, 3.05) is 13.2 Å². The standard InChI is InChI=1S/C66H131NO11S/c1-3-5-7-9-11-13-15-17-19-21-23-25-27-28-29-30-31-32-33-34-36-38-40-42-44-46-48-50-52-54-56-62(70)67-59(58-76-66-64(72)65(78-79(73,74)75)63(71)61(57-68)77-66)60(69)55-53-51-49-47-45-43-41-39-37-35-26-24-22-20-18-16-14-12-10-8-6-4-2/h59-61,63-66,68-69,71-72H,3-58H2,1-2H3,(H,67,70)(H,73,74,75). The molecule has 6 N–H and O–H groups in total. The fraction of sp³-hybridized carbons (Fsp3) is 0.985. The zero-order chi connectivity index (χ0) is 57.5. The molecule has 0 aromatic heterocycles. The number of hydrogen-bond acceptors (Lipinski definition) is 10. The maximum absolute atomic E-state index is 13.2. The first kappa shape index (κ1) is 76.1. The molecule has 12 nitrogen and oxygen atoms in total. The largest absolute Gasteiger partial charge is 0.397 e. The number of aliphatic hydroxyl groups is 4. The summed E-state index contributed by atoms with van der Waals surface area (Å²) in [5.74, 6) is -0.219. The molecule has 1 rings (SSSR count). The Morgan fingerprint density at radius 1 is 0.456 bits per heavy atom. The molecule has 7 unspecified atom stereocenters. The van der Waals surface area contributed by atoms with Crippen molar-refractivity contribution < 1.29 is 51.8 Å². The number of rotatable bonds is 62. The number of amides is 1. The van der Waals surface area contributed by atoms with E-state index in [1.165, 1.54) is 283 Å². The van der Waals surface area contributed by atoms with Crippen LogP contribution in [0.25, 0.3) is 0 Å². The van der Waals surface area contributed by atoms with E-state index in [9.17, 15) is 38.2 Å². The van der Waals surface area contributed by atoms with Crippen LogP contribution in [-0.4, -0.2) is 95.4 Å². The van der Waals surface area contributed by atoms with Crippen LogP contribution in [0.2, 0.25) is 0 Å². The van der Waals surface area contributed by atoms with E-state index in [2.05, 4.69) is 23.3 Å². The molecule has 0 saturated carbocycles. The Morgan fingerprint density at radius 2 is 0.734 bits per heavy atom. The van der Waals surface area contributed by atoms with Gasteiger partial charge in [0.15, 0.2) is 6.29 Å². The number of nitrogens with one attached hydrogen (secondary N) is 1. The molecule has 1 saturated heterocycles. The van der Waals surface area contributed by atoms with E-state index in [1.807, 2.05) is 0 Å². The SMILES string of the molecule is CCCCCCCCCCCCCCCCCCCCCCCCCCCCCCCCC(=O)NC(COC1OC(CO)C(O)C(OS(=O)(=O)O)C1O)C(O)CCCCCCCCCCCCCCCCCCCCCCCC. The molecule has 0 spiro atoms. The lowest BCUT2D eigenvalue weighted by Gasteiger charge is -2.41. The van der Waals surface area contributed by atoms with Crippen LogP contribution < -0.4 is 5.32 Å². The summed E-state index contributed by atoms with van der Waals surface area (Å²) < 4.78 is 48.1. The molecule has 472 valence electrons. The molecule has 7 atom stereocenters. The zero-order valence-electron chi connectivity index (χ0n) is 51.7. The third kappa shape index (κ3) is 48.1. The highest BCUT2D eigenvalue weighted by Gasteiger charge is 2.48. The summed E-state index contributed by atoms with van der Waals surface area (Å²) in [6, 6.07) is -0.855. The van der Waals surface area contributed by atoms with E-state index in [-0.39, 0.29) is 12.5 Å². The predicted octanol–water partition coefficient (Wildman–Crippen LogP) is 17.6. The predicted molar refractivity (Wildman–Crippen MR) is 329 cm³/mol. The maximum Gasteiger partial charge on any atom is 0.397 e. The topological polar surface area (TPSA) is 192 Å². The Hall–Kier alpha value is -0.900. The van der Waals surface area contributed by atoms with Crippen LogP contribution in [0.15, 0.2) is 0 Å². The van der Waals surface area contributed by atoms with Gasteiger partial charge in [-0.25, -0.2) is 4.18 Å². The van der Waals surface area contributed by atoms with Crippen molar-refractivity contribution in [3.63, 3.8) is 0 Å². The van der Waals surface area contributed by atoms with Crippen molar-refractivity contribution >= 4 is 16.3 Å². The van der Waals surface area contributed by atoms with E-state index >= 15 is 0 Å². The second-order valence-corrected chi connectivity index (χ2v) is 25.5. The highest BCUT2D eigenvalue weighted by atomic mass is 32.3. The number of hydrogen-bond donors (Lipinski definition) is 6. The summed E-state index contributed by atoms with van der Waals surface area (Å²) >= 11 is 0. The molecule has 0 aliphatic carbocycles. The van der Waals surface area contributed by atoms with Crippen molar-refractivity contribution in [2.45, 2.75) is 403 Å². The minimum Gasteiger partial charge on any atom is -0.394 e. The Labute approximate surface area is 488 Å². The van der Waals surface area contributed by atoms with Crippen LogP contribution in [0.3, 0.4) is 0 Å². The molecular formula is C66H131NO11S. The fourth-order valence-electron chi connectivity index (χ4n) is 11.6. The van der Waals surface area contributed by atoms with Gasteiger partial charge in [-0.1, -0.05) is 341 Å². The van der Waals surface area contributed by atoms with Crippen LogP contribution in [0, 0.1) is 0 Å². The van der Waals surface area contributed by atoms with Crippen LogP contribution in [0.4, 0.5) is 0 Å². The number of carbonyl (C=O) groups is 1. The van der Waals surface area contributed by atoms with Gasteiger partial charge in [-0.15, -0.1) is 0 Å². The maximum atomic E-state index is 13.2. The monoisotopic (exact) mass is 1150 g/mol. The lowest BCUT2D eigenvalue weighted by atomic mass is 9.99. The summed E-state index contributed by atoms with van der Waals surface area (Å²) in [5, 5.41) is 45.3. The second kappa shape index (κ2) is 56.2. The fourth-order valence-corrected chi connectivity index (χ4v) is 12.2. The van der Waals surface area contributed by atoms with Gasteiger partial charge in [-0.2, -0.15) is 8.42 Å². The highest BCUT2D eigenvalue weighted by molar-refractivity contribution is 7.80. The van der Waals surface area contributed by atoms with E-state index in [0.717, 1.165) is 51.4 Å². The molecule has 1 amide bonds. The minimum atomic E-state index is -5.08. The number of unbranched alkanes of at least 4 members (excludes halogenated alkanes) is 50. The third-order valence-corrected chi connectivity index (χ3v) is 17.4. The number of aliphatic hydroxyl groups excluding tert-OH is 4. The summed E-state index contributed by atoms with van der Waals surface area (Å²) in [4.78, 5) is 13.2. The van der Waals surface area contributed by atoms with Gasteiger partial charge < -0.3 is 35.2 Å². The van der Waals surface area contributed by atoms with Crippen molar-refractivity contribution in [3.8, 4) is 0 Å². The molecule has 0 aromatic carbocycles. The van der Waals surface area contributed by atoms with Gasteiger partial charge in [-0.3, -0.25) is 9.35 Å². The molecule has 1 aliphatic rings. The van der Waals surface area contributed by atoms with Crippen molar-refractivity contribution in [1.29, 1.82) is 0 Å². The van der Waals surface area contributed by atoms with Gasteiger partial charge in [0.05, 0.1) is 25.4 Å². The van der Waals surface area contributed by atoms with Crippen molar-refractivity contribution in [3.05, 3.63) is 0 Å². The van der Waals surface area contributed by atoms with Crippen LogP contribution >= 0.6 is 0 Å². The van der Waals surface area contributed by atoms with Crippen LogP contribution in [0.5, 0.6) is 0 Å². The molecular weight excluding hydrogens is 1010 g/mol. The smallest absolute Gasteiger partial charge is 0.394 e. The molecule has 0 bridgehead atoms. The Bertz CT molecular complexity index is 1390. The Morgan fingerprint density at radius 3 is 1.01 bits per heavy atom. The lowest BCUT2D eigenvalue weighted by Crippen LogP contribution is -2.61. The van der Waals surface area contributed by atoms with Gasteiger partial charge in [0.25, 0.3) is 0 Å². The summed E-state index contributed by atoms with van der Waals surface area (Å²) in [6.45, 7) is 3.53. The first-order valence-corrected chi connectivity index (χ1v) is 35.8. The van der Waals surface area contributed by atoms with Crippen molar-refractivity contribution in [2.24, 2.45) is 0 Å². The second-order valence-electron chi connectivity index (χ2n) is 24.5. The Kier molecular flexibility index (Phi) is 54.2. The Balaban J connectivity index is 2.22. The number of carbonyl (C=O) groups excluding carboxylic acids is 1. The highest BCUT2D eigenvalue weighted by Crippen LogP contribution is 2.27. The van der Waals surface area contributed by atoms with E-state index < -0.39 is 59.9 Å². The normalized spacial score (nSPS) is 18.6.